The highest BCUT2D eigenvalue weighted by Gasteiger charge is 2.14. The van der Waals surface area contributed by atoms with Crippen LogP contribution in [0.4, 0.5) is 4.39 Å². The van der Waals surface area contributed by atoms with Gasteiger partial charge in [-0.3, -0.25) is 4.79 Å². The molecule has 0 saturated carbocycles. The van der Waals surface area contributed by atoms with E-state index in [1.54, 1.807) is 11.8 Å². The van der Waals surface area contributed by atoms with Gasteiger partial charge >= 0.3 is 0 Å². The number of hydrogen-bond donors (Lipinski definition) is 1. The summed E-state index contributed by atoms with van der Waals surface area (Å²) in [4.78, 5) is 13.4. The van der Waals surface area contributed by atoms with Gasteiger partial charge in [0.25, 0.3) is 5.91 Å². The van der Waals surface area contributed by atoms with Crippen LogP contribution in [0.3, 0.4) is 0 Å². The Balaban J connectivity index is 2.12. The van der Waals surface area contributed by atoms with Gasteiger partial charge in [-0.1, -0.05) is 12.1 Å². The summed E-state index contributed by atoms with van der Waals surface area (Å²) in [5, 5.41) is 2.88. The first kappa shape index (κ1) is 16.0. The molecule has 0 aliphatic carbocycles. The Labute approximate surface area is 136 Å². The Hall–Kier alpha value is -1.33. The molecule has 2 aromatic carbocycles. The molecule has 0 bridgehead atoms. The van der Waals surface area contributed by atoms with Crippen molar-refractivity contribution in [2.24, 2.45) is 0 Å². The van der Waals surface area contributed by atoms with Crippen LogP contribution in [0, 0.1) is 5.82 Å². The van der Waals surface area contributed by atoms with Gasteiger partial charge < -0.3 is 5.32 Å². The number of thioether (sulfide) groups is 1. The van der Waals surface area contributed by atoms with E-state index in [1.165, 1.54) is 23.1 Å². The van der Waals surface area contributed by atoms with E-state index in [9.17, 15) is 9.18 Å². The van der Waals surface area contributed by atoms with Gasteiger partial charge in [0, 0.05) is 9.37 Å². The van der Waals surface area contributed by atoms with Gasteiger partial charge in [0.15, 0.2) is 0 Å². The smallest absolute Gasteiger partial charge is 0.253 e. The summed E-state index contributed by atoms with van der Waals surface area (Å²) < 4.78 is 13.8. The Morgan fingerprint density at radius 1 is 1.24 bits per heavy atom. The van der Waals surface area contributed by atoms with Gasteiger partial charge in [0.1, 0.15) is 5.82 Å². The molecule has 0 saturated heterocycles. The van der Waals surface area contributed by atoms with Crippen molar-refractivity contribution in [3.05, 3.63) is 63.9 Å². The highest BCUT2D eigenvalue weighted by Crippen LogP contribution is 2.21. The van der Waals surface area contributed by atoms with Gasteiger partial charge in [0.2, 0.25) is 0 Å². The number of halogens is 2. The number of rotatable bonds is 4. The molecule has 0 aliphatic rings. The fraction of sp³-hybridized carbons (Fsp3) is 0.188. The van der Waals surface area contributed by atoms with Crippen molar-refractivity contribution in [1.82, 2.24) is 5.32 Å². The molecule has 0 heterocycles. The highest BCUT2D eigenvalue weighted by molar-refractivity contribution is 9.10. The molecule has 0 aliphatic heterocycles. The average molecular weight is 368 g/mol. The number of amides is 1. The molecular formula is C16H15BrFNOS. The Morgan fingerprint density at radius 2 is 1.90 bits per heavy atom. The first-order valence-corrected chi connectivity index (χ1v) is 8.43. The lowest BCUT2D eigenvalue weighted by atomic mass is 10.1. The highest BCUT2D eigenvalue weighted by atomic mass is 79.9. The molecule has 0 aromatic heterocycles. The predicted molar refractivity (Wildman–Crippen MR) is 88.2 cm³/mol. The maximum Gasteiger partial charge on any atom is 0.253 e. The minimum Gasteiger partial charge on any atom is -0.345 e. The van der Waals surface area contributed by atoms with E-state index < -0.39 is 5.82 Å². The molecule has 5 heteroatoms. The zero-order chi connectivity index (χ0) is 15.4. The molecule has 1 amide bonds. The summed E-state index contributed by atoms with van der Waals surface area (Å²) in [6.07, 6.45) is 2.02. The van der Waals surface area contributed by atoms with Gasteiger partial charge in [-0.2, -0.15) is 0 Å². The van der Waals surface area contributed by atoms with Crippen molar-refractivity contribution in [2.75, 3.05) is 6.26 Å². The molecule has 0 unspecified atom stereocenters. The van der Waals surface area contributed by atoms with E-state index in [0.29, 0.717) is 10.0 Å². The van der Waals surface area contributed by atoms with Gasteiger partial charge in [-0.15, -0.1) is 11.8 Å². The lowest BCUT2D eigenvalue weighted by Gasteiger charge is -2.15. The average Bonchev–Trinajstić information content (AvgIpc) is 2.49. The second-order valence-corrected chi connectivity index (χ2v) is 6.33. The second-order valence-electron chi connectivity index (χ2n) is 4.59. The fourth-order valence-electron chi connectivity index (χ4n) is 1.92. The topological polar surface area (TPSA) is 29.1 Å². The molecule has 2 aromatic rings. The number of carbonyl (C=O) groups is 1. The Bertz CT molecular complexity index is 645. The van der Waals surface area contributed by atoms with E-state index in [-0.39, 0.29) is 11.9 Å². The summed E-state index contributed by atoms with van der Waals surface area (Å²) in [6.45, 7) is 1.90. The molecule has 110 valence electrons. The van der Waals surface area contributed by atoms with Gasteiger partial charge in [0.05, 0.1) is 11.6 Å². The van der Waals surface area contributed by atoms with Crippen molar-refractivity contribution in [2.45, 2.75) is 17.9 Å². The SMILES string of the molecule is CSc1ccc([C@@H](C)NC(=O)c2cc(F)ccc2Br)cc1. The normalized spacial score (nSPS) is 12.0. The van der Waals surface area contributed by atoms with E-state index >= 15 is 0 Å². The maximum absolute atomic E-state index is 13.2. The molecule has 21 heavy (non-hydrogen) atoms. The summed E-state index contributed by atoms with van der Waals surface area (Å²) in [5.74, 6) is -0.733. The van der Waals surface area contributed by atoms with Crippen LogP contribution in [-0.4, -0.2) is 12.2 Å². The van der Waals surface area contributed by atoms with Gasteiger partial charge in [-0.05, 0) is 65.0 Å². The first-order chi connectivity index (χ1) is 10.0. The molecule has 0 radical (unpaired) electrons. The third-order valence-corrected chi connectivity index (χ3v) is 4.57. The van der Waals surface area contributed by atoms with E-state index in [0.717, 1.165) is 5.56 Å². The molecule has 1 atom stereocenters. The Morgan fingerprint density at radius 3 is 2.52 bits per heavy atom. The van der Waals surface area contributed by atoms with Crippen molar-refractivity contribution in [3.8, 4) is 0 Å². The first-order valence-electron chi connectivity index (χ1n) is 6.41. The van der Waals surface area contributed by atoms with Crippen molar-refractivity contribution >= 4 is 33.6 Å². The van der Waals surface area contributed by atoms with E-state index in [2.05, 4.69) is 21.2 Å². The van der Waals surface area contributed by atoms with E-state index in [1.807, 2.05) is 37.4 Å². The monoisotopic (exact) mass is 367 g/mol. The maximum atomic E-state index is 13.2. The minimum absolute atomic E-state index is 0.149. The third kappa shape index (κ3) is 4.08. The number of benzene rings is 2. The predicted octanol–water partition coefficient (Wildman–Crippen LogP) is 4.80. The van der Waals surface area contributed by atoms with Crippen molar-refractivity contribution in [1.29, 1.82) is 0 Å². The van der Waals surface area contributed by atoms with Crippen molar-refractivity contribution < 1.29 is 9.18 Å². The standard InChI is InChI=1S/C16H15BrFNOS/c1-10(11-3-6-13(21-2)7-4-11)19-16(20)14-9-12(18)5-8-15(14)17/h3-10H,1-2H3,(H,19,20)/t10-/m1/s1. The summed E-state index contributed by atoms with van der Waals surface area (Å²) >= 11 is 4.93. The largest absolute Gasteiger partial charge is 0.345 e. The molecule has 0 spiro atoms. The summed E-state index contributed by atoms with van der Waals surface area (Å²) in [6, 6.07) is 11.9. The quantitative estimate of drug-likeness (QED) is 0.786. The van der Waals surface area contributed by atoms with Crippen molar-refractivity contribution in [3.63, 3.8) is 0 Å². The molecular weight excluding hydrogens is 353 g/mol. The number of hydrogen-bond acceptors (Lipinski definition) is 2. The van der Waals surface area contributed by atoms with Crippen LogP contribution < -0.4 is 5.32 Å². The minimum atomic E-state index is -0.430. The second kappa shape index (κ2) is 7.09. The van der Waals surface area contributed by atoms with Crippen LogP contribution in [0.2, 0.25) is 0 Å². The zero-order valence-electron chi connectivity index (χ0n) is 11.7. The lowest BCUT2D eigenvalue weighted by Crippen LogP contribution is -2.27. The van der Waals surface area contributed by atoms with Crippen LogP contribution >= 0.6 is 27.7 Å². The van der Waals surface area contributed by atoms with Crippen LogP contribution in [0.5, 0.6) is 0 Å². The molecule has 0 fully saturated rings. The molecule has 2 nitrogen and oxygen atoms in total. The van der Waals surface area contributed by atoms with Gasteiger partial charge in [-0.25, -0.2) is 4.39 Å². The van der Waals surface area contributed by atoms with Crippen LogP contribution in [0.1, 0.15) is 28.9 Å². The zero-order valence-corrected chi connectivity index (χ0v) is 14.1. The van der Waals surface area contributed by atoms with Crippen LogP contribution in [-0.2, 0) is 0 Å². The van der Waals surface area contributed by atoms with Crippen LogP contribution in [0.15, 0.2) is 51.8 Å². The summed E-state index contributed by atoms with van der Waals surface area (Å²) in [5.41, 5.74) is 1.30. The lowest BCUT2D eigenvalue weighted by molar-refractivity contribution is 0.0938. The number of nitrogens with one attached hydrogen (secondary N) is 1. The van der Waals surface area contributed by atoms with Crippen LogP contribution in [0.25, 0.3) is 0 Å². The Kier molecular flexibility index (Phi) is 5.42. The fourth-order valence-corrected chi connectivity index (χ4v) is 2.76. The van der Waals surface area contributed by atoms with E-state index in [4.69, 9.17) is 0 Å². The number of carbonyl (C=O) groups excluding carboxylic acids is 1. The molecule has 1 N–H and O–H groups in total. The summed E-state index contributed by atoms with van der Waals surface area (Å²) in [7, 11) is 0. The third-order valence-electron chi connectivity index (χ3n) is 3.14. The molecule has 2 rings (SSSR count).